The Morgan fingerprint density at radius 2 is 1.79 bits per heavy atom. The fourth-order valence-corrected chi connectivity index (χ4v) is 6.23. The van der Waals surface area contributed by atoms with Crippen molar-refractivity contribution in [2.75, 3.05) is 18.1 Å². The van der Waals surface area contributed by atoms with Crippen LogP contribution in [-0.2, 0) is 9.59 Å². The molecule has 3 aromatic rings. The third-order valence-corrected chi connectivity index (χ3v) is 8.27. The van der Waals surface area contributed by atoms with Crippen LogP contribution in [0.2, 0.25) is 0 Å². The summed E-state index contributed by atoms with van der Waals surface area (Å²) in [6.07, 6.45) is 3.04. The summed E-state index contributed by atoms with van der Waals surface area (Å²) in [6, 6.07) is 18.0. The normalized spacial score (nSPS) is 21.3. The van der Waals surface area contributed by atoms with Crippen molar-refractivity contribution in [3.63, 3.8) is 0 Å². The number of phenols is 1. The van der Waals surface area contributed by atoms with E-state index in [4.69, 9.17) is 0 Å². The van der Waals surface area contributed by atoms with Crippen LogP contribution < -0.4 is 10.4 Å². The third kappa shape index (κ3) is 6.17. The molecule has 2 aromatic carbocycles. The van der Waals surface area contributed by atoms with Gasteiger partial charge in [-0.25, -0.2) is 0 Å². The number of hydrogen-bond donors (Lipinski definition) is 6. The van der Waals surface area contributed by atoms with Crippen LogP contribution in [0.1, 0.15) is 30.5 Å². The Morgan fingerprint density at radius 3 is 2.44 bits per heavy atom. The number of phenolic OH excluding ortho intramolecular Hbond substituents is 1. The number of aromatic hydroxyl groups is 1. The highest BCUT2D eigenvalue weighted by Gasteiger charge is 2.55. The van der Waals surface area contributed by atoms with E-state index in [1.54, 1.807) is 36.5 Å². The number of carbonyl (C=O) groups is 2. The van der Waals surface area contributed by atoms with Crippen molar-refractivity contribution in [1.29, 1.82) is 0 Å². The van der Waals surface area contributed by atoms with Crippen molar-refractivity contribution in [2.24, 2.45) is 17.8 Å². The maximum absolute atomic E-state index is 13.7. The number of anilines is 1. The first kappa shape index (κ1) is 30.3. The van der Waals surface area contributed by atoms with E-state index in [1.807, 2.05) is 18.2 Å². The minimum absolute atomic E-state index is 0.0455. The Morgan fingerprint density at radius 1 is 1.02 bits per heavy atom. The lowest BCUT2D eigenvalue weighted by Gasteiger charge is -2.36. The number of aliphatic hydroxyl groups excluding tert-OH is 3. The lowest BCUT2D eigenvalue weighted by molar-refractivity contribution is -0.123. The molecule has 6 N–H and O–H groups in total. The number of aliphatic hydroxyl groups is 3. The van der Waals surface area contributed by atoms with Crippen LogP contribution >= 0.6 is 0 Å². The van der Waals surface area contributed by atoms with E-state index in [0.717, 1.165) is 16.0 Å². The van der Waals surface area contributed by atoms with Gasteiger partial charge in [0.15, 0.2) is 0 Å². The smallest absolute Gasteiger partial charge is 0.488 e. The second-order valence-corrected chi connectivity index (χ2v) is 10.9. The quantitative estimate of drug-likeness (QED) is 0.117. The summed E-state index contributed by atoms with van der Waals surface area (Å²) in [5.74, 6) is -3.62. The molecule has 1 saturated heterocycles. The third-order valence-electron chi connectivity index (χ3n) is 8.27. The average molecular weight is 584 g/mol. The minimum Gasteiger partial charge on any atom is -0.508 e. The van der Waals surface area contributed by atoms with E-state index in [0.29, 0.717) is 23.3 Å². The van der Waals surface area contributed by atoms with Gasteiger partial charge in [0, 0.05) is 12.1 Å². The van der Waals surface area contributed by atoms with Gasteiger partial charge in [0.2, 0.25) is 11.8 Å². The lowest BCUT2D eigenvalue weighted by atomic mass is 9.68. The second kappa shape index (κ2) is 13.0. The van der Waals surface area contributed by atoms with Crippen LogP contribution in [0.4, 0.5) is 5.69 Å². The monoisotopic (exact) mass is 584 g/mol. The van der Waals surface area contributed by atoms with Gasteiger partial charge >= 0.3 is 7.12 Å². The predicted octanol–water partition coefficient (Wildman–Crippen LogP) is 1.26. The number of aromatic nitrogens is 1. The Kier molecular flexibility index (Phi) is 9.19. The molecule has 2 amide bonds. The van der Waals surface area contributed by atoms with Crippen molar-refractivity contribution in [1.82, 2.24) is 4.98 Å². The number of fused-ring (bicyclic) bond motifs is 1. The maximum Gasteiger partial charge on any atom is 0.488 e. The number of amides is 2. The van der Waals surface area contributed by atoms with E-state index >= 15 is 0 Å². The van der Waals surface area contributed by atoms with Crippen molar-refractivity contribution in [2.45, 2.75) is 25.4 Å². The van der Waals surface area contributed by atoms with Gasteiger partial charge < -0.3 is 30.5 Å². The molecular formula is C32H33BN2O8. The van der Waals surface area contributed by atoms with Gasteiger partial charge in [0.1, 0.15) is 5.75 Å². The molecule has 43 heavy (non-hydrogen) atoms. The fraction of sp³-hybridized carbons (Fsp3) is 0.281. The van der Waals surface area contributed by atoms with Gasteiger partial charge in [-0.1, -0.05) is 30.3 Å². The molecule has 0 spiro atoms. The number of hydrogen-bond acceptors (Lipinski definition) is 9. The average Bonchev–Trinajstić information content (AvgIpc) is 3.28. The van der Waals surface area contributed by atoms with E-state index < -0.39 is 56.0 Å². The van der Waals surface area contributed by atoms with Crippen LogP contribution in [0, 0.1) is 17.8 Å². The molecule has 11 heteroatoms. The first-order valence-electron chi connectivity index (χ1n) is 14.1. The number of nitrogens with zero attached hydrogens (tertiary/aromatic N) is 2. The minimum atomic E-state index is -1.79. The largest absolute Gasteiger partial charge is 0.508 e. The van der Waals surface area contributed by atoms with Gasteiger partial charge in [0.25, 0.3) is 0 Å². The number of pyridine rings is 1. The number of rotatable bonds is 10. The predicted molar refractivity (Wildman–Crippen MR) is 161 cm³/mol. The van der Waals surface area contributed by atoms with E-state index in [-0.39, 0.29) is 29.7 Å². The first-order valence-corrected chi connectivity index (χ1v) is 14.1. The zero-order valence-corrected chi connectivity index (χ0v) is 23.3. The molecule has 5 rings (SSSR count). The molecular weight excluding hydrogens is 551 g/mol. The van der Waals surface area contributed by atoms with Gasteiger partial charge in [-0.3, -0.25) is 19.5 Å². The van der Waals surface area contributed by atoms with E-state index in [2.05, 4.69) is 4.98 Å². The standard InChI is InChI=1S/C32H33BN2O8/c36-17-21-15-25-30(32(41)35(31(25)40)23-5-3-4-22(16-23)33(42)43)26(18-37)29(21)28(39)12-9-20(27-6-1-2-13-34-27)14-19-7-10-24(38)11-8-19/h1-8,10-11,13-14,16,25-26,28,30,36-39,42-43H,9,12,15,17-18H2/b20-14-/t25-,26+,28-,30-/m1/s1. The molecule has 10 nitrogen and oxygen atoms in total. The highest BCUT2D eigenvalue weighted by atomic mass is 16.4. The summed E-state index contributed by atoms with van der Waals surface area (Å²) < 4.78 is 0. The van der Waals surface area contributed by atoms with E-state index in [1.165, 1.54) is 24.3 Å². The van der Waals surface area contributed by atoms with Crippen LogP contribution in [0.15, 0.2) is 84.1 Å². The first-order chi connectivity index (χ1) is 20.7. The molecule has 2 aliphatic rings. The lowest BCUT2D eigenvalue weighted by Crippen LogP contribution is -2.39. The van der Waals surface area contributed by atoms with Crippen LogP contribution in [0.3, 0.4) is 0 Å². The summed E-state index contributed by atoms with van der Waals surface area (Å²) in [5, 5.41) is 61.1. The highest BCUT2D eigenvalue weighted by molar-refractivity contribution is 6.58. The Bertz CT molecular complexity index is 1540. The summed E-state index contributed by atoms with van der Waals surface area (Å²) in [6.45, 7) is -0.966. The Balaban J connectivity index is 1.42. The summed E-state index contributed by atoms with van der Waals surface area (Å²) in [4.78, 5) is 32.7. The van der Waals surface area contributed by atoms with Crippen LogP contribution in [0.25, 0.3) is 11.6 Å². The van der Waals surface area contributed by atoms with Crippen LogP contribution in [0.5, 0.6) is 5.75 Å². The zero-order chi connectivity index (χ0) is 30.7. The number of imide groups is 1. The molecule has 0 unspecified atom stereocenters. The van der Waals surface area contributed by atoms with Gasteiger partial charge in [-0.2, -0.15) is 0 Å². The number of carbonyl (C=O) groups excluding carboxylic acids is 2. The molecule has 222 valence electrons. The van der Waals surface area contributed by atoms with Crippen molar-refractivity contribution in [3.8, 4) is 5.75 Å². The number of allylic oxidation sites excluding steroid dienone is 1. The van der Waals surface area contributed by atoms with Crippen LogP contribution in [-0.4, -0.2) is 73.7 Å². The molecule has 0 radical (unpaired) electrons. The molecule has 1 aliphatic carbocycles. The highest BCUT2D eigenvalue weighted by Crippen LogP contribution is 2.47. The van der Waals surface area contributed by atoms with Crippen molar-refractivity contribution < 1.29 is 40.1 Å². The molecule has 2 heterocycles. The second-order valence-electron chi connectivity index (χ2n) is 10.9. The Labute approximate surface area is 249 Å². The molecule has 1 fully saturated rings. The summed E-state index contributed by atoms with van der Waals surface area (Å²) >= 11 is 0. The van der Waals surface area contributed by atoms with Gasteiger partial charge in [-0.05, 0) is 89.5 Å². The molecule has 4 atom stereocenters. The van der Waals surface area contributed by atoms with Gasteiger partial charge in [0.05, 0.1) is 42.5 Å². The molecule has 0 bridgehead atoms. The van der Waals surface area contributed by atoms with Crippen molar-refractivity contribution >= 4 is 41.7 Å². The molecule has 1 aliphatic heterocycles. The maximum atomic E-state index is 13.7. The van der Waals surface area contributed by atoms with Gasteiger partial charge in [-0.15, -0.1) is 0 Å². The summed E-state index contributed by atoms with van der Waals surface area (Å²) in [7, 11) is -1.79. The zero-order valence-electron chi connectivity index (χ0n) is 23.3. The van der Waals surface area contributed by atoms with Crippen molar-refractivity contribution in [3.05, 3.63) is 95.3 Å². The van der Waals surface area contributed by atoms with E-state index in [9.17, 15) is 40.1 Å². The fourth-order valence-electron chi connectivity index (χ4n) is 6.23. The summed E-state index contributed by atoms with van der Waals surface area (Å²) in [5.41, 5.74) is 3.40. The molecule has 1 aromatic heterocycles. The molecule has 0 saturated carbocycles. The number of benzene rings is 2. The Hall–Kier alpha value is -4.13. The SMILES string of the molecule is O=C1[C@@H]2[C@@H](CC(CO)=C([C@H](O)CC/C(=C/c3ccc(O)cc3)c3ccccn3)[C@@H]2CO)C(=O)N1c1cccc(B(O)O)c1. The topological polar surface area (TPSA) is 172 Å².